The monoisotopic (exact) mass is 148 g/mol. The van der Waals surface area contributed by atoms with Crippen molar-refractivity contribution in [1.29, 1.82) is 0 Å². The maximum Gasteiger partial charge on any atom is 0.0436 e. The Balaban J connectivity index is 2.40. The van der Waals surface area contributed by atoms with E-state index in [1.165, 1.54) is 0 Å². The van der Waals surface area contributed by atoms with Crippen molar-refractivity contribution >= 4 is 11.6 Å². The van der Waals surface area contributed by atoms with Crippen LogP contribution in [0.25, 0.3) is 0 Å². The average Bonchev–Trinajstić information content (AvgIpc) is 2.22. The van der Waals surface area contributed by atoms with Crippen molar-refractivity contribution < 1.29 is 5.11 Å². The number of aliphatic hydroxyl groups is 1. The standard InChI is InChI=1S/C7H13ClO/c1-5-6(8)7(5,2)3-4-9/h5-6,9H,3-4H2,1-2H3. The molecule has 0 amide bonds. The van der Waals surface area contributed by atoms with Crippen LogP contribution in [0.4, 0.5) is 0 Å². The molecule has 0 heterocycles. The number of aliphatic hydroxyl groups excluding tert-OH is 1. The second kappa shape index (κ2) is 2.14. The Morgan fingerprint density at radius 1 is 1.67 bits per heavy atom. The summed E-state index contributed by atoms with van der Waals surface area (Å²) >= 11 is 5.91. The Labute approximate surface area is 61.0 Å². The Kier molecular flexibility index (Phi) is 1.75. The predicted octanol–water partition coefficient (Wildman–Crippen LogP) is 1.63. The molecule has 0 aliphatic heterocycles. The van der Waals surface area contributed by atoms with E-state index in [9.17, 15) is 0 Å². The smallest absolute Gasteiger partial charge is 0.0436 e. The Morgan fingerprint density at radius 2 is 2.11 bits per heavy atom. The number of alkyl halides is 1. The molecule has 3 atom stereocenters. The van der Waals surface area contributed by atoms with Crippen LogP contribution in [-0.4, -0.2) is 17.1 Å². The van der Waals surface area contributed by atoms with E-state index < -0.39 is 0 Å². The SMILES string of the molecule is CC1C(Cl)C1(C)CCO. The lowest BCUT2D eigenvalue weighted by atomic mass is 10.0. The van der Waals surface area contributed by atoms with Gasteiger partial charge >= 0.3 is 0 Å². The van der Waals surface area contributed by atoms with Crippen LogP contribution in [0.3, 0.4) is 0 Å². The third-order valence-corrected chi connectivity index (χ3v) is 3.53. The average molecular weight is 149 g/mol. The molecule has 0 spiro atoms. The van der Waals surface area contributed by atoms with E-state index in [-0.39, 0.29) is 12.0 Å². The van der Waals surface area contributed by atoms with E-state index >= 15 is 0 Å². The van der Waals surface area contributed by atoms with E-state index in [1.54, 1.807) is 0 Å². The topological polar surface area (TPSA) is 20.2 Å². The van der Waals surface area contributed by atoms with Gasteiger partial charge in [0.05, 0.1) is 0 Å². The predicted molar refractivity (Wildman–Crippen MR) is 38.6 cm³/mol. The van der Waals surface area contributed by atoms with Crippen molar-refractivity contribution in [1.82, 2.24) is 0 Å². The summed E-state index contributed by atoms with van der Waals surface area (Å²) in [5.74, 6) is 0.589. The second-order valence-electron chi connectivity index (χ2n) is 3.17. The van der Waals surface area contributed by atoms with E-state index in [0.717, 1.165) is 6.42 Å². The van der Waals surface area contributed by atoms with Gasteiger partial charge in [-0.05, 0) is 17.8 Å². The Hall–Kier alpha value is 0.250. The van der Waals surface area contributed by atoms with Crippen molar-refractivity contribution in [3.8, 4) is 0 Å². The molecule has 0 radical (unpaired) electrons. The Morgan fingerprint density at radius 3 is 2.22 bits per heavy atom. The van der Waals surface area contributed by atoms with Crippen molar-refractivity contribution in [3.63, 3.8) is 0 Å². The maximum atomic E-state index is 8.62. The zero-order valence-electron chi connectivity index (χ0n) is 5.89. The summed E-state index contributed by atoms with van der Waals surface area (Å²) in [6, 6.07) is 0. The van der Waals surface area contributed by atoms with Gasteiger partial charge in [-0.3, -0.25) is 0 Å². The van der Waals surface area contributed by atoms with E-state index in [1.807, 2.05) is 0 Å². The van der Waals surface area contributed by atoms with Crippen LogP contribution < -0.4 is 0 Å². The summed E-state index contributed by atoms with van der Waals surface area (Å²) in [4.78, 5) is 0. The molecule has 54 valence electrons. The molecule has 1 rings (SSSR count). The van der Waals surface area contributed by atoms with E-state index in [4.69, 9.17) is 16.7 Å². The van der Waals surface area contributed by atoms with Crippen LogP contribution in [0, 0.1) is 11.3 Å². The lowest BCUT2D eigenvalue weighted by molar-refractivity contribution is 0.250. The normalized spacial score (nSPS) is 49.3. The molecule has 1 fully saturated rings. The number of hydrogen-bond donors (Lipinski definition) is 1. The van der Waals surface area contributed by atoms with E-state index in [2.05, 4.69) is 13.8 Å². The van der Waals surface area contributed by atoms with Gasteiger partial charge in [-0.25, -0.2) is 0 Å². The van der Waals surface area contributed by atoms with Crippen LogP contribution in [0.15, 0.2) is 0 Å². The van der Waals surface area contributed by atoms with Crippen LogP contribution >= 0.6 is 11.6 Å². The highest BCUT2D eigenvalue weighted by Gasteiger charge is 2.56. The van der Waals surface area contributed by atoms with Crippen LogP contribution in [-0.2, 0) is 0 Å². The minimum absolute atomic E-state index is 0.232. The first-order valence-electron chi connectivity index (χ1n) is 3.38. The molecule has 0 aromatic rings. The van der Waals surface area contributed by atoms with Gasteiger partial charge in [0.25, 0.3) is 0 Å². The minimum atomic E-state index is 0.232. The van der Waals surface area contributed by atoms with Crippen LogP contribution in [0.2, 0.25) is 0 Å². The molecule has 3 unspecified atom stereocenters. The molecule has 1 aliphatic carbocycles. The lowest BCUT2D eigenvalue weighted by Gasteiger charge is -2.04. The molecule has 1 aliphatic rings. The number of halogens is 1. The van der Waals surface area contributed by atoms with Gasteiger partial charge in [0.15, 0.2) is 0 Å². The molecular formula is C7H13ClO. The summed E-state index contributed by atoms with van der Waals surface area (Å²) in [6.07, 6.45) is 0.850. The quantitative estimate of drug-likeness (QED) is 0.591. The fourth-order valence-corrected chi connectivity index (χ4v) is 1.86. The molecule has 9 heavy (non-hydrogen) atoms. The summed E-state index contributed by atoms with van der Waals surface area (Å²) in [7, 11) is 0. The first-order valence-corrected chi connectivity index (χ1v) is 3.81. The van der Waals surface area contributed by atoms with Crippen LogP contribution in [0.1, 0.15) is 20.3 Å². The highest BCUT2D eigenvalue weighted by Crippen LogP contribution is 2.58. The van der Waals surface area contributed by atoms with Gasteiger partial charge in [-0.1, -0.05) is 13.8 Å². The molecule has 0 aromatic heterocycles. The lowest BCUT2D eigenvalue weighted by Crippen LogP contribution is -2.01. The van der Waals surface area contributed by atoms with Gasteiger partial charge in [-0.2, -0.15) is 0 Å². The van der Waals surface area contributed by atoms with Crippen molar-refractivity contribution in [2.75, 3.05) is 6.61 Å². The highest BCUT2D eigenvalue weighted by molar-refractivity contribution is 6.23. The molecule has 0 aromatic carbocycles. The highest BCUT2D eigenvalue weighted by atomic mass is 35.5. The summed E-state index contributed by atoms with van der Waals surface area (Å²) < 4.78 is 0. The van der Waals surface area contributed by atoms with Gasteiger partial charge < -0.3 is 5.11 Å². The van der Waals surface area contributed by atoms with Gasteiger partial charge in [0.1, 0.15) is 0 Å². The third kappa shape index (κ3) is 0.968. The molecule has 2 heteroatoms. The zero-order valence-corrected chi connectivity index (χ0v) is 6.65. The van der Waals surface area contributed by atoms with Crippen molar-refractivity contribution in [3.05, 3.63) is 0 Å². The first-order chi connectivity index (χ1) is 4.13. The van der Waals surface area contributed by atoms with Gasteiger partial charge in [-0.15, -0.1) is 11.6 Å². The molecular weight excluding hydrogens is 136 g/mol. The summed E-state index contributed by atoms with van der Waals surface area (Å²) in [6.45, 7) is 4.53. The zero-order chi connectivity index (χ0) is 7.07. The number of hydrogen-bond acceptors (Lipinski definition) is 1. The van der Waals surface area contributed by atoms with Crippen molar-refractivity contribution in [2.24, 2.45) is 11.3 Å². The van der Waals surface area contributed by atoms with Gasteiger partial charge in [0, 0.05) is 12.0 Å². The molecule has 1 nitrogen and oxygen atoms in total. The minimum Gasteiger partial charge on any atom is -0.396 e. The van der Waals surface area contributed by atoms with Crippen molar-refractivity contribution in [2.45, 2.75) is 25.6 Å². The molecule has 0 saturated heterocycles. The number of rotatable bonds is 2. The fourth-order valence-electron chi connectivity index (χ4n) is 1.34. The molecule has 0 bridgehead atoms. The van der Waals surface area contributed by atoms with E-state index in [0.29, 0.717) is 11.3 Å². The largest absolute Gasteiger partial charge is 0.396 e. The van der Waals surface area contributed by atoms with Crippen LogP contribution in [0.5, 0.6) is 0 Å². The third-order valence-electron chi connectivity index (χ3n) is 2.65. The second-order valence-corrected chi connectivity index (χ2v) is 3.64. The summed E-state index contributed by atoms with van der Waals surface area (Å²) in [5.41, 5.74) is 0.232. The van der Waals surface area contributed by atoms with Gasteiger partial charge in [0.2, 0.25) is 0 Å². The Bertz CT molecular complexity index is 105. The molecule has 1 saturated carbocycles. The summed E-state index contributed by atoms with van der Waals surface area (Å²) in [5, 5.41) is 8.91. The first kappa shape index (κ1) is 7.36. The molecule has 1 N–H and O–H groups in total. The fraction of sp³-hybridized carbons (Fsp3) is 1.00. The maximum absolute atomic E-state index is 8.62.